The van der Waals surface area contributed by atoms with Gasteiger partial charge in [-0.15, -0.1) is 0 Å². The van der Waals surface area contributed by atoms with Crippen LogP contribution in [0, 0.1) is 28.6 Å². The Morgan fingerprint density at radius 2 is 2.08 bits per heavy atom. The second-order valence-corrected chi connectivity index (χ2v) is 8.89. The number of allylic oxidation sites excluding steroid dienone is 1. The fourth-order valence-electron chi connectivity index (χ4n) is 6.51. The molecule has 3 saturated carbocycles. The molecule has 0 spiro atoms. The summed E-state index contributed by atoms with van der Waals surface area (Å²) in [6, 6.07) is 0. The summed E-state index contributed by atoms with van der Waals surface area (Å²) >= 11 is 0. The maximum atomic E-state index is 13.5. The minimum atomic E-state index is -2.18. The molecule has 4 aliphatic carbocycles. The SMILES string of the molecule is [2H]C1C(=O)C=C2CC[C@@H]3[C@H](C(=O)C[C@@]4(C)[C@H]3CC[C@]4(O)C(=O)CO)[C@@]2(C)C1([2H])[2H]. The smallest absolute Gasteiger partial charge is 0.190 e. The van der Waals surface area contributed by atoms with Gasteiger partial charge in [-0.1, -0.05) is 19.4 Å². The summed E-state index contributed by atoms with van der Waals surface area (Å²) in [5.41, 5.74) is -3.41. The average Bonchev–Trinajstić information content (AvgIpc) is 2.92. The molecule has 0 bridgehead atoms. The topological polar surface area (TPSA) is 91.7 Å². The fraction of sp³-hybridized carbons (Fsp3) is 0.762. The van der Waals surface area contributed by atoms with Crippen LogP contribution in [0.1, 0.15) is 62.8 Å². The van der Waals surface area contributed by atoms with E-state index in [1.165, 1.54) is 6.08 Å². The highest BCUT2D eigenvalue weighted by Crippen LogP contribution is 2.66. The molecule has 0 heterocycles. The number of Topliss-reactive ketones (excluding diaryl/α,β-unsaturated/α-hetero) is 2. The van der Waals surface area contributed by atoms with E-state index in [1.807, 2.05) is 0 Å². The number of hydrogen-bond donors (Lipinski definition) is 2. The summed E-state index contributed by atoms with van der Waals surface area (Å²) in [5, 5.41) is 20.6. The van der Waals surface area contributed by atoms with Crippen molar-refractivity contribution in [3.8, 4) is 0 Å². The third-order valence-corrected chi connectivity index (χ3v) is 7.89. The lowest BCUT2D eigenvalue weighted by molar-refractivity contribution is -0.170. The first-order valence-corrected chi connectivity index (χ1v) is 9.42. The van der Waals surface area contributed by atoms with Crippen molar-refractivity contribution in [3.63, 3.8) is 0 Å². The van der Waals surface area contributed by atoms with Gasteiger partial charge < -0.3 is 10.2 Å². The standard InChI is InChI=1S/C21H28O5/c1-19-7-5-13(23)9-12(19)3-4-14-15-6-8-21(26,17(25)11-22)20(15,2)10-16(24)18(14)19/h9,14-15,18,22,26H,3-8,10-11H2,1-2H3/t14-,15-,18+,19-,20-,21-/m0/s1/i5D,7D2/t5?,14-,15-,18+,19-,20-,21-. The van der Waals surface area contributed by atoms with Crippen LogP contribution in [0.15, 0.2) is 11.6 Å². The van der Waals surface area contributed by atoms with Gasteiger partial charge in [0.2, 0.25) is 0 Å². The van der Waals surface area contributed by atoms with Gasteiger partial charge in [-0.3, -0.25) is 14.4 Å². The molecule has 26 heavy (non-hydrogen) atoms. The normalized spacial score (nSPS) is 54.2. The van der Waals surface area contributed by atoms with E-state index < -0.39 is 53.3 Å². The van der Waals surface area contributed by atoms with Crippen LogP contribution in [0.2, 0.25) is 0 Å². The predicted molar refractivity (Wildman–Crippen MR) is 94.1 cm³/mol. The summed E-state index contributed by atoms with van der Waals surface area (Å²) in [6.07, 6.45) is -0.725. The Morgan fingerprint density at radius 3 is 2.77 bits per heavy atom. The van der Waals surface area contributed by atoms with Crippen molar-refractivity contribution in [1.29, 1.82) is 0 Å². The van der Waals surface area contributed by atoms with Crippen molar-refractivity contribution in [2.24, 2.45) is 28.6 Å². The monoisotopic (exact) mass is 363 g/mol. The number of aliphatic hydroxyl groups is 2. The van der Waals surface area contributed by atoms with E-state index in [0.29, 0.717) is 24.8 Å². The molecule has 0 amide bonds. The molecule has 0 aromatic rings. The van der Waals surface area contributed by atoms with Gasteiger partial charge in [0.1, 0.15) is 18.0 Å². The third-order valence-electron chi connectivity index (χ3n) is 7.89. The lowest BCUT2D eigenvalue weighted by Gasteiger charge is -2.57. The van der Waals surface area contributed by atoms with E-state index in [2.05, 4.69) is 0 Å². The van der Waals surface area contributed by atoms with Crippen molar-refractivity contribution >= 4 is 17.3 Å². The lowest BCUT2D eigenvalue weighted by atomic mass is 9.46. The average molecular weight is 363 g/mol. The van der Waals surface area contributed by atoms with Crippen LogP contribution in [-0.4, -0.2) is 39.8 Å². The molecule has 1 unspecified atom stereocenters. The van der Waals surface area contributed by atoms with Crippen LogP contribution in [0.5, 0.6) is 0 Å². The summed E-state index contributed by atoms with van der Waals surface area (Å²) in [6.45, 7) is 2.63. The molecule has 7 atom stereocenters. The molecule has 3 fully saturated rings. The van der Waals surface area contributed by atoms with E-state index in [9.17, 15) is 24.6 Å². The molecule has 0 aliphatic heterocycles. The molecule has 4 aliphatic rings. The van der Waals surface area contributed by atoms with Crippen LogP contribution in [0.3, 0.4) is 0 Å². The Hall–Kier alpha value is -1.33. The van der Waals surface area contributed by atoms with Crippen molar-refractivity contribution in [3.05, 3.63) is 11.6 Å². The van der Waals surface area contributed by atoms with Crippen molar-refractivity contribution < 1.29 is 28.7 Å². The quantitative estimate of drug-likeness (QED) is 0.783. The second kappa shape index (κ2) is 5.59. The van der Waals surface area contributed by atoms with Crippen LogP contribution >= 0.6 is 0 Å². The molecule has 4 rings (SSSR count). The van der Waals surface area contributed by atoms with Gasteiger partial charge >= 0.3 is 0 Å². The molecular formula is C21H28O5. The van der Waals surface area contributed by atoms with Crippen LogP contribution < -0.4 is 0 Å². The molecule has 0 aromatic carbocycles. The molecule has 5 nitrogen and oxygen atoms in total. The molecule has 0 aromatic heterocycles. The second-order valence-electron chi connectivity index (χ2n) is 8.89. The Balaban J connectivity index is 1.82. The van der Waals surface area contributed by atoms with Gasteiger partial charge in [-0.2, -0.15) is 0 Å². The molecule has 5 heteroatoms. The number of carbonyl (C=O) groups excluding carboxylic acids is 3. The Morgan fingerprint density at radius 1 is 1.35 bits per heavy atom. The number of aliphatic hydroxyl groups excluding tert-OH is 1. The van der Waals surface area contributed by atoms with E-state index in [1.54, 1.807) is 13.8 Å². The minimum absolute atomic E-state index is 0.0728. The van der Waals surface area contributed by atoms with Crippen molar-refractivity contribution in [2.45, 2.75) is 64.3 Å². The summed E-state index contributed by atoms with van der Waals surface area (Å²) in [7, 11) is 0. The molecule has 0 radical (unpaired) electrons. The van der Waals surface area contributed by atoms with Gasteiger partial charge in [0, 0.05) is 28.3 Å². The van der Waals surface area contributed by atoms with E-state index >= 15 is 0 Å². The number of carbonyl (C=O) groups is 3. The zero-order valence-electron chi connectivity index (χ0n) is 18.2. The maximum absolute atomic E-state index is 13.5. The van der Waals surface area contributed by atoms with Crippen molar-refractivity contribution in [2.75, 3.05) is 6.61 Å². The summed E-state index contributed by atoms with van der Waals surface area (Å²) in [4.78, 5) is 38.1. The zero-order chi connectivity index (χ0) is 21.6. The summed E-state index contributed by atoms with van der Waals surface area (Å²) in [5.74, 6) is -2.54. The molecule has 142 valence electrons. The van der Waals surface area contributed by atoms with Crippen LogP contribution in [-0.2, 0) is 14.4 Å². The van der Waals surface area contributed by atoms with E-state index in [0.717, 1.165) is 0 Å². The predicted octanol–water partition coefficient (Wildman–Crippen LogP) is 1.99. The number of fused-ring (bicyclic) bond motifs is 5. The number of rotatable bonds is 2. The van der Waals surface area contributed by atoms with E-state index in [4.69, 9.17) is 4.11 Å². The molecular weight excluding hydrogens is 332 g/mol. The first-order valence-electron chi connectivity index (χ1n) is 11.0. The van der Waals surface area contributed by atoms with Crippen LogP contribution in [0.25, 0.3) is 0 Å². The highest BCUT2D eigenvalue weighted by molar-refractivity contribution is 5.94. The highest BCUT2D eigenvalue weighted by atomic mass is 16.3. The Kier molecular flexibility index (Phi) is 3.16. The van der Waals surface area contributed by atoms with Crippen LogP contribution in [0.4, 0.5) is 0 Å². The highest BCUT2D eigenvalue weighted by Gasteiger charge is 2.68. The van der Waals surface area contributed by atoms with Gasteiger partial charge in [0.15, 0.2) is 11.6 Å². The first-order chi connectivity index (χ1) is 13.4. The van der Waals surface area contributed by atoms with Gasteiger partial charge in [-0.05, 0) is 55.4 Å². The minimum Gasteiger partial charge on any atom is -0.388 e. The first kappa shape index (κ1) is 14.7. The zero-order valence-corrected chi connectivity index (χ0v) is 15.2. The lowest BCUT2D eigenvalue weighted by Crippen LogP contribution is -2.60. The Bertz CT molecular complexity index is 838. The van der Waals surface area contributed by atoms with E-state index in [-0.39, 0.29) is 30.5 Å². The third kappa shape index (κ3) is 2.07. The van der Waals surface area contributed by atoms with Gasteiger partial charge in [0.25, 0.3) is 0 Å². The Labute approximate surface area is 158 Å². The molecule has 2 N–H and O–H groups in total. The summed E-state index contributed by atoms with van der Waals surface area (Å²) < 4.78 is 25.4. The maximum Gasteiger partial charge on any atom is 0.190 e. The van der Waals surface area contributed by atoms with Crippen molar-refractivity contribution in [1.82, 2.24) is 0 Å². The number of hydrogen-bond acceptors (Lipinski definition) is 5. The largest absolute Gasteiger partial charge is 0.388 e. The molecule has 0 saturated heterocycles. The number of ketones is 3. The van der Waals surface area contributed by atoms with Gasteiger partial charge in [0.05, 0.1) is 0 Å². The fourth-order valence-corrected chi connectivity index (χ4v) is 6.51. The van der Waals surface area contributed by atoms with Gasteiger partial charge in [-0.25, -0.2) is 0 Å².